The van der Waals surface area contributed by atoms with Crippen molar-refractivity contribution in [1.29, 1.82) is 0 Å². The molecule has 1 rings (SSSR count). The Morgan fingerprint density at radius 3 is 2.61 bits per heavy atom. The van der Waals surface area contributed by atoms with E-state index in [1.165, 1.54) is 0 Å². The molecule has 0 saturated carbocycles. The van der Waals surface area contributed by atoms with Crippen LogP contribution in [-0.2, 0) is 0 Å². The summed E-state index contributed by atoms with van der Waals surface area (Å²) in [6.07, 6.45) is 1.00. The molecule has 0 saturated heterocycles. The molecule has 100 valence electrons. The Morgan fingerprint density at radius 2 is 2.06 bits per heavy atom. The zero-order chi connectivity index (χ0) is 13.5. The van der Waals surface area contributed by atoms with E-state index in [9.17, 15) is 0 Å². The van der Waals surface area contributed by atoms with Gasteiger partial charge in [0, 0.05) is 5.56 Å². The van der Waals surface area contributed by atoms with Crippen molar-refractivity contribution in [3.8, 4) is 11.5 Å². The Kier molecular flexibility index (Phi) is 5.49. The highest BCUT2D eigenvalue weighted by atomic mass is 16.5. The summed E-state index contributed by atoms with van der Waals surface area (Å²) in [5.74, 6) is 1.98. The minimum Gasteiger partial charge on any atom is -0.493 e. The minimum absolute atomic E-state index is 0.544. The Hall–Kier alpha value is -1.71. The Balaban J connectivity index is 2.80. The Bertz CT molecular complexity index is 414. The predicted molar refractivity (Wildman–Crippen MR) is 71.9 cm³/mol. The number of ether oxygens (including phenoxy) is 2. The topological polar surface area (TPSA) is 51.0 Å². The second kappa shape index (κ2) is 6.89. The SMILES string of the molecule is COc1cc(/C(C)=N/O)ccc1OCCC(C)C. The Morgan fingerprint density at radius 1 is 1.33 bits per heavy atom. The summed E-state index contributed by atoms with van der Waals surface area (Å²) < 4.78 is 11.0. The molecule has 0 amide bonds. The van der Waals surface area contributed by atoms with Crippen LogP contribution >= 0.6 is 0 Å². The van der Waals surface area contributed by atoms with Crippen LogP contribution in [0.15, 0.2) is 23.4 Å². The van der Waals surface area contributed by atoms with Crippen LogP contribution in [0.2, 0.25) is 0 Å². The van der Waals surface area contributed by atoms with Crippen LogP contribution in [0.3, 0.4) is 0 Å². The first kappa shape index (κ1) is 14.4. The van der Waals surface area contributed by atoms with Gasteiger partial charge in [0.25, 0.3) is 0 Å². The van der Waals surface area contributed by atoms with Crippen molar-refractivity contribution in [3.05, 3.63) is 23.8 Å². The average molecular weight is 251 g/mol. The number of hydrogen-bond acceptors (Lipinski definition) is 4. The number of oxime groups is 1. The molecule has 0 atom stereocenters. The third-order valence-corrected chi connectivity index (χ3v) is 2.68. The van der Waals surface area contributed by atoms with Gasteiger partial charge in [0.1, 0.15) is 0 Å². The van der Waals surface area contributed by atoms with E-state index in [-0.39, 0.29) is 0 Å². The summed E-state index contributed by atoms with van der Waals surface area (Å²) in [4.78, 5) is 0. The summed E-state index contributed by atoms with van der Waals surface area (Å²) in [6.45, 7) is 6.71. The summed E-state index contributed by atoms with van der Waals surface area (Å²) in [7, 11) is 1.60. The van der Waals surface area contributed by atoms with Gasteiger partial charge in [-0.25, -0.2) is 0 Å². The van der Waals surface area contributed by atoms with Gasteiger partial charge in [0.15, 0.2) is 11.5 Å². The van der Waals surface area contributed by atoms with Crippen molar-refractivity contribution >= 4 is 5.71 Å². The second-order valence-corrected chi connectivity index (χ2v) is 4.58. The lowest BCUT2D eigenvalue weighted by molar-refractivity contribution is 0.273. The van der Waals surface area contributed by atoms with Crippen molar-refractivity contribution < 1.29 is 14.7 Å². The van der Waals surface area contributed by atoms with Crippen molar-refractivity contribution in [1.82, 2.24) is 0 Å². The Labute approximate surface area is 108 Å². The summed E-state index contributed by atoms with van der Waals surface area (Å²) >= 11 is 0. The van der Waals surface area contributed by atoms with Crippen LogP contribution in [0.5, 0.6) is 11.5 Å². The third kappa shape index (κ3) is 3.95. The summed E-state index contributed by atoms with van der Waals surface area (Å²) in [5.41, 5.74) is 1.35. The molecule has 18 heavy (non-hydrogen) atoms. The van der Waals surface area contributed by atoms with E-state index in [4.69, 9.17) is 14.7 Å². The largest absolute Gasteiger partial charge is 0.493 e. The molecule has 0 aliphatic carbocycles. The van der Waals surface area contributed by atoms with E-state index in [1.807, 2.05) is 12.1 Å². The van der Waals surface area contributed by atoms with Crippen molar-refractivity contribution in [2.45, 2.75) is 27.2 Å². The number of rotatable bonds is 6. The lowest BCUT2D eigenvalue weighted by Gasteiger charge is -2.12. The molecular formula is C14H21NO3. The number of methoxy groups -OCH3 is 1. The molecule has 0 heterocycles. The van der Waals surface area contributed by atoms with E-state index in [0.29, 0.717) is 29.7 Å². The van der Waals surface area contributed by atoms with Gasteiger partial charge in [-0.3, -0.25) is 0 Å². The zero-order valence-electron chi connectivity index (χ0n) is 11.4. The smallest absolute Gasteiger partial charge is 0.161 e. The zero-order valence-corrected chi connectivity index (χ0v) is 11.4. The summed E-state index contributed by atoms with van der Waals surface area (Å²) in [5, 5.41) is 11.9. The van der Waals surface area contributed by atoms with Gasteiger partial charge in [-0.1, -0.05) is 19.0 Å². The van der Waals surface area contributed by atoms with E-state index in [2.05, 4.69) is 19.0 Å². The third-order valence-electron chi connectivity index (χ3n) is 2.68. The monoisotopic (exact) mass is 251 g/mol. The van der Waals surface area contributed by atoms with Gasteiger partial charge < -0.3 is 14.7 Å². The molecule has 0 aliphatic rings. The number of benzene rings is 1. The average Bonchev–Trinajstić information content (AvgIpc) is 2.37. The highest BCUT2D eigenvalue weighted by Crippen LogP contribution is 2.28. The molecule has 1 N–H and O–H groups in total. The molecule has 0 fully saturated rings. The number of nitrogens with zero attached hydrogens (tertiary/aromatic N) is 1. The molecule has 0 unspecified atom stereocenters. The number of hydrogen-bond donors (Lipinski definition) is 1. The predicted octanol–water partition coefficient (Wildman–Crippen LogP) is 3.32. The fraction of sp³-hybridized carbons (Fsp3) is 0.500. The van der Waals surface area contributed by atoms with E-state index in [1.54, 1.807) is 20.1 Å². The molecule has 0 spiro atoms. The molecular weight excluding hydrogens is 230 g/mol. The van der Waals surface area contributed by atoms with E-state index in [0.717, 1.165) is 12.0 Å². The van der Waals surface area contributed by atoms with Crippen molar-refractivity contribution in [2.24, 2.45) is 11.1 Å². The quantitative estimate of drug-likeness (QED) is 0.479. The van der Waals surface area contributed by atoms with Gasteiger partial charge >= 0.3 is 0 Å². The lowest BCUT2D eigenvalue weighted by Crippen LogP contribution is -2.03. The standard InChI is InChI=1S/C14H21NO3/c1-10(2)7-8-18-13-6-5-12(11(3)15-16)9-14(13)17-4/h5-6,9-10,16H,7-8H2,1-4H3/b15-11+. The fourth-order valence-electron chi connectivity index (χ4n) is 1.47. The summed E-state index contributed by atoms with van der Waals surface area (Å²) in [6, 6.07) is 5.49. The first-order valence-electron chi connectivity index (χ1n) is 6.08. The molecule has 4 nitrogen and oxygen atoms in total. The van der Waals surface area contributed by atoms with Crippen LogP contribution in [0.25, 0.3) is 0 Å². The highest BCUT2D eigenvalue weighted by molar-refractivity contribution is 5.98. The lowest BCUT2D eigenvalue weighted by atomic mass is 10.1. The first-order valence-corrected chi connectivity index (χ1v) is 6.08. The fourth-order valence-corrected chi connectivity index (χ4v) is 1.47. The van der Waals surface area contributed by atoms with Crippen LogP contribution in [0, 0.1) is 5.92 Å². The van der Waals surface area contributed by atoms with Gasteiger partial charge in [-0.2, -0.15) is 0 Å². The first-order chi connectivity index (χ1) is 8.58. The highest BCUT2D eigenvalue weighted by Gasteiger charge is 2.08. The minimum atomic E-state index is 0.544. The molecule has 1 aromatic carbocycles. The maximum Gasteiger partial charge on any atom is 0.161 e. The second-order valence-electron chi connectivity index (χ2n) is 4.58. The van der Waals surface area contributed by atoms with Gasteiger partial charge in [0.2, 0.25) is 0 Å². The van der Waals surface area contributed by atoms with Crippen LogP contribution in [0.4, 0.5) is 0 Å². The van der Waals surface area contributed by atoms with Gasteiger partial charge in [0.05, 0.1) is 19.4 Å². The van der Waals surface area contributed by atoms with Crippen LogP contribution in [-0.4, -0.2) is 24.6 Å². The maximum atomic E-state index is 8.74. The van der Waals surface area contributed by atoms with E-state index >= 15 is 0 Å². The molecule has 1 aromatic rings. The van der Waals surface area contributed by atoms with Crippen LogP contribution in [0.1, 0.15) is 32.8 Å². The molecule has 0 aliphatic heterocycles. The maximum absolute atomic E-state index is 8.74. The van der Waals surface area contributed by atoms with Gasteiger partial charge in [-0.15, -0.1) is 0 Å². The van der Waals surface area contributed by atoms with Crippen molar-refractivity contribution in [3.63, 3.8) is 0 Å². The van der Waals surface area contributed by atoms with Crippen LogP contribution < -0.4 is 9.47 Å². The molecule has 0 radical (unpaired) electrons. The van der Waals surface area contributed by atoms with Crippen molar-refractivity contribution in [2.75, 3.05) is 13.7 Å². The van der Waals surface area contributed by atoms with E-state index < -0.39 is 0 Å². The molecule has 0 aromatic heterocycles. The van der Waals surface area contributed by atoms with Gasteiger partial charge in [-0.05, 0) is 37.5 Å². The molecule has 0 bridgehead atoms. The normalized spacial score (nSPS) is 11.7. The molecule has 4 heteroatoms.